The lowest BCUT2D eigenvalue weighted by Crippen LogP contribution is -2.36. The second kappa shape index (κ2) is 6.47. The lowest BCUT2D eigenvalue weighted by Gasteiger charge is -2.17. The Hall–Kier alpha value is -1.95. The molecular formula is C14H20N2O4. The number of phenols is 1. The number of likely N-dealkylation sites (tertiary alicyclic amines) is 1. The van der Waals surface area contributed by atoms with Gasteiger partial charge in [-0.1, -0.05) is 12.1 Å². The Morgan fingerprint density at radius 1 is 1.50 bits per heavy atom. The zero-order valence-electron chi connectivity index (χ0n) is 11.8. The fourth-order valence-corrected chi connectivity index (χ4v) is 2.42. The van der Waals surface area contributed by atoms with Crippen LogP contribution in [-0.2, 0) is 11.3 Å². The summed E-state index contributed by atoms with van der Waals surface area (Å²) < 4.78 is 9.69. The summed E-state index contributed by atoms with van der Waals surface area (Å²) in [5.41, 5.74) is 0.822. The quantitative estimate of drug-likeness (QED) is 0.870. The molecule has 0 aliphatic carbocycles. The molecule has 0 radical (unpaired) electrons. The number of hydrogen-bond donors (Lipinski definition) is 2. The molecule has 6 heteroatoms. The Kier molecular flexibility index (Phi) is 4.68. The Morgan fingerprint density at radius 2 is 2.30 bits per heavy atom. The molecule has 20 heavy (non-hydrogen) atoms. The zero-order valence-corrected chi connectivity index (χ0v) is 11.8. The van der Waals surface area contributed by atoms with Gasteiger partial charge in [-0.05, 0) is 12.5 Å². The van der Waals surface area contributed by atoms with E-state index in [1.807, 2.05) is 12.1 Å². The van der Waals surface area contributed by atoms with E-state index >= 15 is 0 Å². The van der Waals surface area contributed by atoms with Crippen molar-refractivity contribution in [1.29, 1.82) is 0 Å². The average molecular weight is 280 g/mol. The molecular weight excluding hydrogens is 260 g/mol. The van der Waals surface area contributed by atoms with Gasteiger partial charge in [0.2, 0.25) is 0 Å². The van der Waals surface area contributed by atoms with Crippen molar-refractivity contribution in [2.45, 2.75) is 19.0 Å². The molecule has 1 aliphatic heterocycles. The second-order valence-corrected chi connectivity index (χ2v) is 4.82. The number of carbonyl (C=O) groups excluding carboxylic acids is 1. The van der Waals surface area contributed by atoms with Crippen molar-refractivity contribution in [3.05, 3.63) is 23.8 Å². The van der Waals surface area contributed by atoms with E-state index in [1.54, 1.807) is 6.07 Å². The third-order valence-corrected chi connectivity index (χ3v) is 3.48. The number of rotatable bonds is 4. The third kappa shape index (κ3) is 3.33. The van der Waals surface area contributed by atoms with Crippen molar-refractivity contribution in [2.75, 3.05) is 27.3 Å². The van der Waals surface area contributed by atoms with Gasteiger partial charge in [0, 0.05) is 31.2 Å². The summed E-state index contributed by atoms with van der Waals surface area (Å²) in [7, 11) is 2.89. The molecule has 2 N–H and O–H groups in total. The summed E-state index contributed by atoms with van der Waals surface area (Å²) in [5, 5.41) is 12.8. The molecule has 110 valence electrons. The number of nitrogens with one attached hydrogen (secondary N) is 1. The highest BCUT2D eigenvalue weighted by atomic mass is 16.5. The smallest absolute Gasteiger partial charge is 0.407 e. The van der Waals surface area contributed by atoms with Crippen LogP contribution in [-0.4, -0.2) is 49.5 Å². The minimum absolute atomic E-state index is 0.0928. The van der Waals surface area contributed by atoms with Crippen molar-refractivity contribution in [3.63, 3.8) is 0 Å². The van der Waals surface area contributed by atoms with E-state index in [9.17, 15) is 9.90 Å². The van der Waals surface area contributed by atoms with Gasteiger partial charge in [-0.3, -0.25) is 4.90 Å². The van der Waals surface area contributed by atoms with Crippen LogP contribution < -0.4 is 10.1 Å². The molecule has 1 aliphatic rings. The number of methoxy groups -OCH3 is 2. The fourth-order valence-electron chi connectivity index (χ4n) is 2.42. The van der Waals surface area contributed by atoms with Crippen molar-refractivity contribution in [1.82, 2.24) is 10.2 Å². The van der Waals surface area contributed by atoms with E-state index in [-0.39, 0.29) is 11.8 Å². The molecule has 1 aromatic rings. The number of amides is 1. The van der Waals surface area contributed by atoms with E-state index in [0.29, 0.717) is 12.3 Å². The number of carbonyl (C=O) groups is 1. The second-order valence-electron chi connectivity index (χ2n) is 4.82. The summed E-state index contributed by atoms with van der Waals surface area (Å²) in [5.74, 6) is 0.658. The van der Waals surface area contributed by atoms with Gasteiger partial charge in [-0.25, -0.2) is 4.79 Å². The monoisotopic (exact) mass is 280 g/mol. The first-order valence-electron chi connectivity index (χ1n) is 6.55. The number of alkyl carbamates (subject to hydrolysis) is 1. The summed E-state index contributed by atoms with van der Waals surface area (Å²) in [4.78, 5) is 13.3. The van der Waals surface area contributed by atoms with Crippen LogP contribution in [0.4, 0.5) is 4.79 Å². The molecule has 1 heterocycles. The van der Waals surface area contributed by atoms with Gasteiger partial charge in [0.1, 0.15) is 0 Å². The van der Waals surface area contributed by atoms with Gasteiger partial charge in [-0.15, -0.1) is 0 Å². The Labute approximate surface area is 118 Å². The van der Waals surface area contributed by atoms with Crippen molar-refractivity contribution >= 4 is 6.09 Å². The standard InChI is InChI=1S/C14H20N2O4/c1-19-12-5-3-4-10(13(12)17)8-16-7-6-11(9-16)15-14(18)20-2/h3-5,11,17H,6-9H2,1-2H3,(H,15,18). The van der Waals surface area contributed by atoms with Crippen molar-refractivity contribution in [3.8, 4) is 11.5 Å². The topological polar surface area (TPSA) is 71.0 Å². The minimum atomic E-state index is -0.402. The van der Waals surface area contributed by atoms with Crippen molar-refractivity contribution in [2.24, 2.45) is 0 Å². The molecule has 0 saturated carbocycles. The van der Waals surface area contributed by atoms with Crippen LogP contribution in [0.15, 0.2) is 18.2 Å². The molecule has 1 fully saturated rings. The molecule has 1 aromatic carbocycles. The van der Waals surface area contributed by atoms with E-state index in [0.717, 1.165) is 25.1 Å². The highest BCUT2D eigenvalue weighted by Crippen LogP contribution is 2.30. The highest BCUT2D eigenvalue weighted by molar-refractivity contribution is 5.67. The molecule has 0 spiro atoms. The number of nitrogens with zero attached hydrogens (tertiary/aromatic N) is 1. The summed E-state index contributed by atoms with van der Waals surface area (Å²) in [6.07, 6.45) is 0.473. The maximum Gasteiger partial charge on any atom is 0.407 e. The van der Waals surface area contributed by atoms with Crippen LogP contribution in [0.5, 0.6) is 11.5 Å². The van der Waals surface area contributed by atoms with Gasteiger partial charge in [0.15, 0.2) is 11.5 Å². The Balaban J connectivity index is 1.94. The first-order valence-corrected chi connectivity index (χ1v) is 6.55. The Morgan fingerprint density at radius 3 is 3.00 bits per heavy atom. The fraction of sp³-hybridized carbons (Fsp3) is 0.500. The van der Waals surface area contributed by atoms with Gasteiger partial charge in [0.05, 0.1) is 14.2 Å². The first kappa shape index (κ1) is 14.5. The number of benzene rings is 1. The predicted molar refractivity (Wildman–Crippen MR) is 73.9 cm³/mol. The van der Waals surface area contributed by atoms with Crippen LogP contribution in [0.2, 0.25) is 0 Å². The van der Waals surface area contributed by atoms with Crippen LogP contribution in [0.1, 0.15) is 12.0 Å². The zero-order chi connectivity index (χ0) is 14.5. The SMILES string of the molecule is COC(=O)NC1CCN(Cc2cccc(OC)c2O)C1. The Bertz CT molecular complexity index is 478. The maximum absolute atomic E-state index is 11.2. The number of aromatic hydroxyl groups is 1. The third-order valence-electron chi connectivity index (χ3n) is 3.48. The lowest BCUT2D eigenvalue weighted by atomic mass is 10.1. The number of phenolic OH excluding ortho intramolecular Hbond substituents is 1. The molecule has 0 bridgehead atoms. The number of hydrogen-bond acceptors (Lipinski definition) is 5. The maximum atomic E-state index is 11.2. The molecule has 1 saturated heterocycles. The molecule has 1 unspecified atom stereocenters. The van der Waals surface area contributed by atoms with Gasteiger partial charge < -0.3 is 19.9 Å². The minimum Gasteiger partial charge on any atom is -0.504 e. The van der Waals surface area contributed by atoms with Crippen LogP contribution >= 0.6 is 0 Å². The number of ether oxygens (including phenoxy) is 2. The molecule has 1 amide bonds. The molecule has 6 nitrogen and oxygen atoms in total. The van der Waals surface area contributed by atoms with Crippen molar-refractivity contribution < 1.29 is 19.4 Å². The normalized spacial score (nSPS) is 18.8. The summed E-state index contributed by atoms with van der Waals surface area (Å²) in [6, 6.07) is 5.55. The van der Waals surface area contributed by atoms with Gasteiger partial charge in [-0.2, -0.15) is 0 Å². The molecule has 0 aromatic heterocycles. The summed E-state index contributed by atoms with van der Waals surface area (Å²) >= 11 is 0. The van der Waals surface area contributed by atoms with Crippen LogP contribution in [0.3, 0.4) is 0 Å². The van der Waals surface area contributed by atoms with Gasteiger partial charge in [0.25, 0.3) is 0 Å². The predicted octanol–water partition coefficient (Wildman–Crippen LogP) is 1.33. The van der Waals surface area contributed by atoms with Gasteiger partial charge >= 0.3 is 6.09 Å². The lowest BCUT2D eigenvalue weighted by molar-refractivity contribution is 0.166. The molecule has 1 atom stereocenters. The number of para-hydroxylation sites is 1. The van der Waals surface area contributed by atoms with E-state index in [1.165, 1.54) is 14.2 Å². The summed E-state index contributed by atoms with van der Waals surface area (Å²) in [6.45, 7) is 2.24. The van der Waals surface area contributed by atoms with E-state index < -0.39 is 6.09 Å². The highest BCUT2D eigenvalue weighted by Gasteiger charge is 2.24. The average Bonchev–Trinajstić information content (AvgIpc) is 2.88. The largest absolute Gasteiger partial charge is 0.504 e. The molecule has 2 rings (SSSR count). The van der Waals surface area contributed by atoms with Crippen LogP contribution in [0, 0.1) is 0 Å². The van der Waals surface area contributed by atoms with Crippen LogP contribution in [0.25, 0.3) is 0 Å². The van der Waals surface area contributed by atoms with E-state index in [2.05, 4.69) is 15.0 Å². The van der Waals surface area contributed by atoms with E-state index in [4.69, 9.17) is 4.74 Å². The first-order chi connectivity index (χ1) is 9.63.